The monoisotopic (exact) mass is 304 g/mol. The van der Waals surface area contributed by atoms with Gasteiger partial charge in [0.2, 0.25) is 11.8 Å². The fourth-order valence-electron chi connectivity index (χ4n) is 1.86. The first kappa shape index (κ1) is 13.6. The van der Waals surface area contributed by atoms with Gasteiger partial charge in [-0.05, 0) is 30.7 Å². The van der Waals surface area contributed by atoms with Gasteiger partial charge >= 0.3 is 6.01 Å². The van der Waals surface area contributed by atoms with Crippen molar-refractivity contribution < 1.29 is 9.15 Å². The van der Waals surface area contributed by atoms with Crippen LogP contribution in [0.25, 0.3) is 22.6 Å². The number of hydrogen-bond donors (Lipinski definition) is 1. The van der Waals surface area contributed by atoms with Crippen molar-refractivity contribution in [1.82, 2.24) is 15.0 Å². The number of anilines is 1. The first-order chi connectivity index (χ1) is 10.2. The minimum Gasteiger partial charge on any atom is -0.463 e. The maximum atomic E-state index is 5.96. The van der Waals surface area contributed by atoms with Crippen LogP contribution in [0.3, 0.4) is 0 Å². The van der Waals surface area contributed by atoms with Crippen LogP contribution in [-0.2, 0) is 0 Å². The average molecular weight is 305 g/mol. The second-order valence-corrected chi connectivity index (χ2v) is 4.88. The highest BCUT2D eigenvalue weighted by molar-refractivity contribution is 6.31. The molecule has 2 N–H and O–H groups in total. The van der Waals surface area contributed by atoms with Crippen molar-refractivity contribution >= 4 is 28.5 Å². The average Bonchev–Trinajstić information content (AvgIpc) is 2.87. The molecule has 1 aromatic carbocycles. The van der Waals surface area contributed by atoms with Crippen LogP contribution >= 0.6 is 11.6 Å². The largest absolute Gasteiger partial charge is 0.463 e. The molecule has 6 nitrogen and oxygen atoms in total. The Balaban J connectivity index is 2.02. The first-order valence-corrected chi connectivity index (χ1v) is 6.87. The lowest BCUT2D eigenvalue weighted by molar-refractivity contribution is 0.292. The highest BCUT2D eigenvalue weighted by Crippen LogP contribution is 2.28. The van der Waals surface area contributed by atoms with E-state index >= 15 is 0 Å². The summed E-state index contributed by atoms with van der Waals surface area (Å²) in [5.74, 6) is 0.910. The minimum absolute atomic E-state index is 0.0876. The summed E-state index contributed by atoms with van der Waals surface area (Å²) in [5.41, 5.74) is 6.38. The summed E-state index contributed by atoms with van der Waals surface area (Å²) in [5, 5.41) is 1.50. The lowest BCUT2D eigenvalue weighted by Crippen LogP contribution is -2.05. The molecule has 0 aliphatic heterocycles. The highest BCUT2D eigenvalue weighted by Gasteiger charge is 2.13. The van der Waals surface area contributed by atoms with E-state index in [0.29, 0.717) is 28.8 Å². The molecule has 21 heavy (non-hydrogen) atoms. The van der Waals surface area contributed by atoms with Crippen LogP contribution in [0.1, 0.15) is 13.3 Å². The summed E-state index contributed by atoms with van der Waals surface area (Å²) in [6.07, 6.45) is 0.851. The Hall–Kier alpha value is -2.34. The van der Waals surface area contributed by atoms with Gasteiger partial charge < -0.3 is 14.9 Å². The quantitative estimate of drug-likeness (QED) is 0.795. The van der Waals surface area contributed by atoms with Gasteiger partial charge in [-0.15, -0.1) is 0 Å². The lowest BCUT2D eigenvalue weighted by Gasteiger charge is -2.03. The maximum Gasteiger partial charge on any atom is 0.321 e. The SMILES string of the molecule is CCCOc1nc(N)nc(-c2cc3cc(Cl)ccc3o2)n1. The predicted molar refractivity (Wildman–Crippen MR) is 80.2 cm³/mol. The van der Waals surface area contributed by atoms with E-state index in [1.54, 1.807) is 18.2 Å². The molecule has 0 saturated carbocycles. The molecule has 3 aromatic rings. The van der Waals surface area contributed by atoms with Crippen LogP contribution in [0.5, 0.6) is 6.01 Å². The smallest absolute Gasteiger partial charge is 0.321 e. The van der Waals surface area contributed by atoms with Crippen molar-refractivity contribution in [2.75, 3.05) is 12.3 Å². The Labute approximate surface area is 125 Å². The molecule has 0 unspecified atom stereocenters. The van der Waals surface area contributed by atoms with E-state index in [2.05, 4.69) is 15.0 Å². The van der Waals surface area contributed by atoms with E-state index in [1.165, 1.54) is 0 Å². The third-order valence-corrected chi connectivity index (χ3v) is 3.00. The summed E-state index contributed by atoms with van der Waals surface area (Å²) >= 11 is 5.96. The van der Waals surface area contributed by atoms with Gasteiger partial charge in [0.05, 0.1) is 6.61 Å². The number of hydrogen-bond acceptors (Lipinski definition) is 6. The van der Waals surface area contributed by atoms with Crippen molar-refractivity contribution in [3.8, 4) is 17.6 Å². The number of aromatic nitrogens is 3. The number of benzene rings is 1. The summed E-state index contributed by atoms with van der Waals surface area (Å²) < 4.78 is 11.1. The summed E-state index contributed by atoms with van der Waals surface area (Å²) in [6, 6.07) is 7.36. The second kappa shape index (κ2) is 5.57. The van der Waals surface area contributed by atoms with E-state index in [-0.39, 0.29) is 12.0 Å². The summed E-state index contributed by atoms with van der Waals surface area (Å²) in [6.45, 7) is 2.51. The van der Waals surface area contributed by atoms with Crippen LogP contribution < -0.4 is 10.5 Å². The van der Waals surface area contributed by atoms with E-state index in [0.717, 1.165) is 11.8 Å². The number of ether oxygens (including phenoxy) is 1. The predicted octanol–water partition coefficient (Wildman–Crippen LogP) is 3.31. The Morgan fingerprint density at radius 1 is 1.24 bits per heavy atom. The molecule has 0 aliphatic rings. The normalized spacial score (nSPS) is 11.0. The molecule has 0 bridgehead atoms. The zero-order valence-corrected chi connectivity index (χ0v) is 12.1. The Bertz CT molecular complexity index is 788. The molecule has 2 heterocycles. The molecule has 2 aromatic heterocycles. The number of halogens is 1. The third kappa shape index (κ3) is 2.90. The van der Waals surface area contributed by atoms with Crippen molar-refractivity contribution in [2.45, 2.75) is 13.3 Å². The van der Waals surface area contributed by atoms with E-state index in [4.69, 9.17) is 26.5 Å². The van der Waals surface area contributed by atoms with Gasteiger partial charge in [0.25, 0.3) is 0 Å². The van der Waals surface area contributed by atoms with Crippen LogP contribution in [0.4, 0.5) is 5.95 Å². The zero-order chi connectivity index (χ0) is 14.8. The van der Waals surface area contributed by atoms with Crippen LogP contribution in [0.2, 0.25) is 5.02 Å². The Morgan fingerprint density at radius 2 is 2.10 bits per heavy atom. The minimum atomic E-state index is 0.0876. The first-order valence-electron chi connectivity index (χ1n) is 6.49. The Kier molecular flexibility index (Phi) is 3.62. The van der Waals surface area contributed by atoms with Crippen molar-refractivity contribution in [3.05, 3.63) is 29.3 Å². The molecule has 108 valence electrons. The number of rotatable bonds is 4. The van der Waals surface area contributed by atoms with Crippen molar-refractivity contribution in [2.24, 2.45) is 0 Å². The molecule has 7 heteroatoms. The van der Waals surface area contributed by atoms with E-state index < -0.39 is 0 Å². The molecular formula is C14H13ClN4O2. The summed E-state index contributed by atoms with van der Waals surface area (Å²) in [4.78, 5) is 12.2. The van der Waals surface area contributed by atoms with Crippen LogP contribution in [-0.4, -0.2) is 21.6 Å². The van der Waals surface area contributed by atoms with Gasteiger partial charge in [0.1, 0.15) is 5.58 Å². The molecule has 3 rings (SSSR count). The van der Waals surface area contributed by atoms with Gasteiger partial charge in [-0.3, -0.25) is 0 Å². The molecule has 0 saturated heterocycles. The number of nitrogens with zero attached hydrogens (tertiary/aromatic N) is 3. The van der Waals surface area contributed by atoms with E-state index in [9.17, 15) is 0 Å². The number of furan rings is 1. The van der Waals surface area contributed by atoms with Crippen LogP contribution in [0.15, 0.2) is 28.7 Å². The van der Waals surface area contributed by atoms with Crippen molar-refractivity contribution in [1.29, 1.82) is 0 Å². The molecule has 0 radical (unpaired) electrons. The van der Waals surface area contributed by atoms with Crippen molar-refractivity contribution in [3.63, 3.8) is 0 Å². The lowest BCUT2D eigenvalue weighted by atomic mass is 10.2. The van der Waals surface area contributed by atoms with Gasteiger partial charge in [-0.2, -0.15) is 15.0 Å². The molecular weight excluding hydrogens is 292 g/mol. The molecule has 0 fully saturated rings. The molecule has 0 aliphatic carbocycles. The standard InChI is InChI=1S/C14H13ClN4O2/c1-2-5-20-14-18-12(17-13(16)19-14)11-7-8-6-9(15)3-4-10(8)21-11/h3-4,6-7H,2,5H2,1H3,(H2,16,17,18,19). The van der Waals surface area contributed by atoms with Crippen LogP contribution in [0, 0.1) is 0 Å². The zero-order valence-electron chi connectivity index (χ0n) is 11.3. The van der Waals surface area contributed by atoms with E-state index in [1.807, 2.05) is 13.0 Å². The second-order valence-electron chi connectivity index (χ2n) is 4.44. The van der Waals surface area contributed by atoms with Gasteiger partial charge in [-0.25, -0.2) is 0 Å². The fraction of sp³-hybridized carbons (Fsp3) is 0.214. The number of nitrogens with two attached hydrogens (primary N) is 1. The fourth-order valence-corrected chi connectivity index (χ4v) is 2.05. The number of nitrogen functional groups attached to an aromatic ring is 1. The third-order valence-electron chi connectivity index (χ3n) is 2.77. The van der Waals surface area contributed by atoms with Gasteiger partial charge in [0.15, 0.2) is 5.76 Å². The molecule has 0 atom stereocenters. The molecule has 0 spiro atoms. The van der Waals surface area contributed by atoms with Gasteiger partial charge in [-0.1, -0.05) is 18.5 Å². The summed E-state index contributed by atoms with van der Waals surface area (Å²) in [7, 11) is 0. The number of fused-ring (bicyclic) bond motifs is 1. The highest BCUT2D eigenvalue weighted by atomic mass is 35.5. The maximum absolute atomic E-state index is 5.96. The Morgan fingerprint density at radius 3 is 2.90 bits per heavy atom. The van der Waals surface area contributed by atoms with Gasteiger partial charge in [0, 0.05) is 10.4 Å². The molecule has 0 amide bonds. The topological polar surface area (TPSA) is 87.1 Å².